The molecule has 1 aromatic carbocycles. The third-order valence-electron chi connectivity index (χ3n) is 8.22. The van der Waals surface area contributed by atoms with Gasteiger partial charge in [0.15, 0.2) is 0 Å². The minimum Gasteiger partial charge on any atom is -0.374 e. The lowest BCUT2D eigenvalue weighted by Crippen LogP contribution is -2.54. The molecule has 4 saturated heterocycles. The molecule has 1 N–H and O–H groups in total. The Morgan fingerprint density at radius 2 is 1.97 bits per heavy atom. The Labute approximate surface area is 218 Å². The van der Waals surface area contributed by atoms with Gasteiger partial charge in [-0.3, -0.25) is 9.69 Å². The zero-order chi connectivity index (χ0) is 26.4. The maximum Gasteiger partial charge on any atom is 0.319 e. The number of ether oxygens (including phenoxy) is 1. The molecule has 2 unspecified atom stereocenters. The number of hydrogen-bond acceptors (Lipinski definition) is 6. The maximum atomic E-state index is 14.0. The largest absolute Gasteiger partial charge is 0.374 e. The van der Waals surface area contributed by atoms with Gasteiger partial charge in [0.1, 0.15) is 5.82 Å². The van der Waals surface area contributed by atoms with Crippen LogP contribution in [0.25, 0.3) is 0 Å². The van der Waals surface area contributed by atoms with Crippen molar-refractivity contribution in [3.63, 3.8) is 0 Å². The summed E-state index contributed by atoms with van der Waals surface area (Å²) in [5.74, 6) is -3.85. The lowest BCUT2D eigenvalue weighted by molar-refractivity contribution is -0.145. The van der Waals surface area contributed by atoms with E-state index in [-0.39, 0.29) is 31.0 Å². The van der Waals surface area contributed by atoms with Crippen LogP contribution in [-0.4, -0.2) is 73.1 Å². The minimum atomic E-state index is -4.06. The summed E-state index contributed by atoms with van der Waals surface area (Å²) in [6.45, 7) is 1.19. The Hall–Kier alpha value is -2.92. The standard InChI is InChI=1S/C27H31F4N5O2/c28-26(29)27(30,31)16-34-10-7-17(8-11-34)25(37)36-13-18-2-1-9-32-24(18)33-22-6-4-19(12-23(22)36)35-14-21-5-3-20(35)15-38-21/h1-2,4,6,9,12,17,20-21,26H,3,5,7-8,10-11,13-16H2,(H,32,33). The molecule has 2 bridgehead atoms. The quantitative estimate of drug-likeness (QED) is 0.565. The van der Waals surface area contributed by atoms with Crippen molar-refractivity contribution in [3.05, 3.63) is 42.1 Å². The fourth-order valence-electron chi connectivity index (χ4n) is 6.08. The Morgan fingerprint density at radius 1 is 1.16 bits per heavy atom. The van der Waals surface area contributed by atoms with Crippen molar-refractivity contribution >= 4 is 28.8 Å². The first-order chi connectivity index (χ1) is 18.3. The molecular formula is C27H31F4N5O2. The number of fused-ring (bicyclic) bond motifs is 5. The molecule has 2 aromatic rings. The molecule has 1 aromatic heterocycles. The number of benzene rings is 1. The molecule has 7 rings (SSSR count). The summed E-state index contributed by atoms with van der Waals surface area (Å²) < 4.78 is 58.4. The fourth-order valence-corrected chi connectivity index (χ4v) is 6.08. The maximum absolute atomic E-state index is 14.0. The lowest BCUT2D eigenvalue weighted by atomic mass is 9.94. The van der Waals surface area contributed by atoms with Gasteiger partial charge in [0.25, 0.3) is 0 Å². The normalized spacial score (nSPS) is 24.1. The highest BCUT2D eigenvalue weighted by Gasteiger charge is 2.43. The van der Waals surface area contributed by atoms with Gasteiger partial charge in [-0.15, -0.1) is 0 Å². The molecule has 4 fully saturated rings. The summed E-state index contributed by atoms with van der Waals surface area (Å²) in [6, 6.07) is 10.1. The number of carbonyl (C=O) groups is 1. The van der Waals surface area contributed by atoms with Crippen molar-refractivity contribution < 1.29 is 27.1 Å². The van der Waals surface area contributed by atoms with E-state index < -0.39 is 18.9 Å². The number of amides is 1. The van der Waals surface area contributed by atoms with Gasteiger partial charge in [0.2, 0.25) is 5.91 Å². The second-order valence-electron chi connectivity index (χ2n) is 10.7. The number of pyridine rings is 1. The van der Waals surface area contributed by atoms with Crippen LogP contribution in [-0.2, 0) is 16.1 Å². The number of likely N-dealkylation sites (tertiary alicyclic amines) is 1. The number of hydrogen-bond donors (Lipinski definition) is 1. The summed E-state index contributed by atoms with van der Waals surface area (Å²) in [6.07, 6.45) is 1.02. The first-order valence-corrected chi connectivity index (χ1v) is 13.2. The average Bonchev–Trinajstić information content (AvgIpc) is 3.10. The molecule has 2 atom stereocenters. The van der Waals surface area contributed by atoms with Crippen LogP contribution >= 0.6 is 0 Å². The van der Waals surface area contributed by atoms with E-state index in [2.05, 4.69) is 21.3 Å². The highest BCUT2D eigenvalue weighted by atomic mass is 19.3. The van der Waals surface area contributed by atoms with Crippen LogP contribution in [0.1, 0.15) is 31.2 Å². The van der Waals surface area contributed by atoms with E-state index in [0.717, 1.165) is 42.0 Å². The summed E-state index contributed by atoms with van der Waals surface area (Å²) in [4.78, 5) is 23.9. The van der Waals surface area contributed by atoms with Gasteiger partial charge in [-0.05, 0) is 63.0 Å². The van der Waals surface area contributed by atoms with Crippen LogP contribution in [0.2, 0.25) is 0 Å². The number of nitrogens with one attached hydrogen (secondary N) is 1. The Balaban J connectivity index is 1.26. The van der Waals surface area contributed by atoms with E-state index in [0.29, 0.717) is 37.9 Å². The number of rotatable bonds is 5. The van der Waals surface area contributed by atoms with Crippen molar-refractivity contribution in [1.82, 2.24) is 9.88 Å². The topological polar surface area (TPSA) is 60.9 Å². The second kappa shape index (κ2) is 10.00. The van der Waals surface area contributed by atoms with E-state index in [9.17, 15) is 22.4 Å². The third kappa shape index (κ3) is 4.82. The minimum absolute atomic E-state index is 0.0920. The number of aromatic nitrogens is 1. The van der Waals surface area contributed by atoms with Gasteiger partial charge >= 0.3 is 12.3 Å². The molecule has 0 saturated carbocycles. The average molecular weight is 534 g/mol. The molecular weight excluding hydrogens is 502 g/mol. The van der Waals surface area contributed by atoms with Gasteiger partial charge < -0.3 is 19.9 Å². The monoisotopic (exact) mass is 533 g/mol. The van der Waals surface area contributed by atoms with Crippen LogP contribution in [0.15, 0.2) is 36.5 Å². The molecule has 1 amide bonds. The van der Waals surface area contributed by atoms with Gasteiger partial charge in [-0.25, -0.2) is 13.8 Å². The van der Waals surface area contributed by atoms with Crippen LogP contribution < -0.4 is 15.1 Å². The predicted octanol–water partition coefficient (Wildman–Crippen LogP) is 4.65. The molecule has 38 heavy (non-hydrogen) atoms. The Morgan fingerprint density at radius 3 is 2.66 bits per heavy atom. The van der Waals surface area contributed by atoms with Crippen molar-refractivity contribution in [2.75, 3.05) is 47.9 Å². The Kier molecular flexibility index (Phi) is 6.67. The first kappa shape index (κ1) is 25.4. The first-order valence-electron chi connectivity index (χ1n) is 13.2. The highest BCUT2D eigenvalue weighted by molar-refractivity contribution is 6.00. The highest BCUT2D eigenvalue weighted by Crippen LogP contribution is 2.41. The van der Waals surface area contributed by atoms with E-state index in [1.54, 1.807) is 11.1 Å². The van der Waals surface area contributed by atoms with E-state index in [1.165, 1.54) is 4.90 Å². The number of morpholine rings is 1. The molecule has 7 nitrogen and oxygen atoms in total. The number of anilines is 4. The van der Waals surface area contributed by atoms with Crippen molar-refractivity contribution in [1.29, 1.82) is 0 Å². The van der Waals surface area contributed by atoms with Crippen LogP contribution in [0.4, 0.5) is 40.4 Å². The zero-order valence-electron chi connectivity index (χ0n) is 21.0. The van der Waals surface area contributed by atoms with E-state index >= 15 is 0 Å². The second-order valence-corrected chi connectivity index (χ2v) is 10.7. The number of carbonyl (C=O) groups excluding carboxylic acids is 1. The summed E-state index contributed by atoms with van der Waals surface area (Å²) >= 11 is 0. The Bertz CT molecular complexity index is 1180. The summed E-state index contributed by atoms with van der Waals surface area (Å²) in [5, 5.41) is 3.39. The molecule has 204 valence electrons. The fraction of sp³-hybridized carbons (Fsp3) is 0.556. The molecule has 5 aliphatic heterocycles. The van der Waals surface area contributed by atoms with Crippen LogP contribution in [0.5, 0.6) is 0 Å². The molecule has 11 heteroatoms. The van der Waals surface area contributed by atoms with Crippen molar-refractivity contribution in [3.8, 4) is 0 Å². The van der Waals surface area contributed by atoms with Gasteiger partial charge in [-0.1, -0.05) is 6.07 Å². The predicted molar refractivity (Wildman–Crippen MR) is 135 cm³/mol. The lowest BCUT2D eigenvalue weighted by Gasteiger charge is -2.46. The number of piperidine rings is 2. The zero-order valence-corrected chi connectivity index (χ0v) is 21.0. The molecule has 0 aliphatic carbocycles. The van der Waals surface area contributed by atoms with Gasteiger partial charge in [-0.2, -0.15) is 8.78 Å². The summed E-state index contributed by atoms with van der Waals surface area (Å²) in [7, 11) is 0. The van der Waals surface area contributed by atoms with E-state index in [4.69, 9.17) is 4.74 Å². The third-order valence-corrected chi connectivity index (χ3v) is 8.22. The van der Waals surface area contributed by atoms with Gasteiger partial charge in [0.05, 0.1) is 43.2 Å². The molecule has 0 spiro atoms. The van der Waals surface area contributed by atoms with Crippen LogP contribution in [0, 0.1) is 5.92 Å². The van der Waals surface area contributed by atoms with E-state index in [1.807, 2.05) is 24.3 Å². The number of halogens is 4. The SMILES string of the molecule is O=C(C1CCN(CC(F)(F)C(F)F)CC1)N1Cc2cccnc2Nc2ccc(N3CC4CCC3CO4)cc21. The molecule has 0 radical (unpaired) electrons. The molecule has 5 aliphatic rings. The smallest absolute Gasteiger partial charge is 0.319 e. The van der Waals surface area contributed by atoms with Crippen LogP contribution in [0.3, 0.4) is 0 Å². The molecule has 6 heterocycles. The number of nitrogens with zero attached hydrogens (tertiary/aromatic N) is 4. The van der Waals surface area contributed by atoms with Crippen molar-refractivity contribution in [2.24, 2.45) is 5.92 Å². The number of alkyl halides is 4. The van der Waals surface area contributed by atoms with Gasteiger partial charge in [0, 0.05) is 29.9 Å². The summed E-state index contributed by atoms with van der Waals surface area (Å²) in [5.41, 5.74) is 3.42. The van der Waals surface area contributed by atoms with Crippen molar-refractivity contribution in [2.45, 2.75) is 56.7 Å².